The molecule has 0 aliphatic carbocycles. The number of carbonyl (C=O) groups excluding carboxylic acids is 1. The molecule has 0 aromatic carbocycles. The summed E-state index contributed by atoms with van der Waals surface area (Å²) in [7, 11) is 0. The Kier molecular flexibility index (Phi) is 6.09. The van der Waals surface area contributed by atoms with Crippen LogP contribution in [0.25, 0.3) is 0 Å². The van der Waals surface area contributed by atoms with Gasteiger partial charge in [-0.3, -0.25) is 4.79 Å². The van der Waals surface area contributed by atoms with Crippen LogP contribution in [0.4, 0.5) is 0 Å². The van der Waals surface area contributed by atoms with Crippen LogP contribution in [0.15, 0.2) is 0 Å². The van der Waals surface area contributed by atoms with Gasteiger partial charge in [0.15, 0.2) is 5.78 Å². The van der Waals surface area contributed by atoms with Gasteiger partial charge in [-0.25, -0.2) is 0 Å². The third-order valence-corrected chi connectivity index (χ3v) is 2.43. The summed E-state index contributed by atoms with van der Waals surface area (Å²) in [4.78, 5) is 11.0. The van der Waals surface area contributed by atoms with Gasteiger partial charge in [-0.05, 0) is 18.8 Å². The highest BCUT2D eigenvalue weighted by atomic mass is 16.3. The van der Waals surface area contributed by atoms with Crippen LogP contribution in [0, 0.1) is 23.2 Å². The summed E-state index contributed by atoms with van der Waals surface area (Å²) < 4.78 is 0. The van der Waals surface area contributed by atoms with Crippen molar-refractivity contribution in [2.75, 3.05) is 6.61 Å². The van der Waals surface area contributed by atoms with Crippen molar-refractivity contribution >= 4 is 5.78 Å². The van der Waals surface area contributed by atoms with Crippen molar-refractivity contribution in [3.05, 3.63) is 0 Å². The maximum absolute atomic E-state index is 11.0. The normalized spacial score (nSPS) is 16.8. The molecule has 0 heterocycles. The number of carbonyl (C=O) groups is 1. The molecule has 0 amide bonds. The molecule has 0 aromatic heterocycles. The molecule has 0 saturated heterocycles. The topological polar surface area (TPSA) is 81.3 Å². The second-order valence-corrected chi connectivity index (χ2v) is 3.65. The van der Waals surface area contributed by atoms with Crippen molar-refractivity contribution in [3.63, 3.8) is 0 Å². The van der Waals surface area contributed by atoms with Crippen LogP contribution in [0.1, 0.15) is 26.7 Å². The molecule has 0 aromatic rings. The fraction of sp³-hybridized carbons (Fsp3) is 0.800. The minimum absolute atomic E-state index is 0.131. The average Bonchev–Trinajstić information content (AvgIpc) is 2.22. The first-order chi connectivity index (χ1) is 6.52. The summed E-state index contributed by atoms with van der Waals surface area (Å²) in [6.07, 6.45) is 0.243. The lowest BCUT2D eigenvalue weighted by atomic mass is 9.92. The number of aliphatic hydroxyl groups is 2. The van der Waals surface area contributed by atoms with Crippen LogP contribution in [0.2, 0.25) is 0 Å². The van der Waals surface area contributed by atoms with E-state index in [1.165, 1.54) is 0 Å². The molecule has 4 nitrogen and oxygen atoms in total. The van der Waals surface area contributed by atoms with E-state index in [0.29, 0.717) is 12.8 Å². The Balaban J connectivity index is 3.83. The molecule has 3 unspecified atom stereocenters. The van der Waals surface area contributed by atoms with Gasteiger partial charge in [0.2, 0.25) is 0 Å². The minimum atomic E-state index is -0.966. The maximum Gasteiger partial charge on any atom is 0.160 e. The van der Waals surface area contributed by atoms with Crippen molar-refractivity contribution in [1.82, 2.24) is 0 Å². The van der Waals surface area contributed by atoms with Crippen molar-refractivity contribution in [3.8, 4) is 6.07 Å². The van der Waals surface area contributed by atoms with Gasteiger partial charge in [0.25, 0.3) is 0 Å². The van der Waals surface area contributed by atoms with Crippen LogP contribution in [0.3, 0.4) is 0 Å². The van der Waals surface area contributed by atoms with Crippen LogP contribution in [0.5, 0.6) is 0 Å². The Morgan fingerprint density at radius 3 is 2.43 bits per heavy atom. The average molecular weight is 199 g/mol. The van der Waals surface area contributed by atoms with E-state index >= 15 is 0 Å². The number of rotatable bonds is 6. The summed E-state index contributed by atoms with van der Waals surface area (Å²) in [5.74, 6) is -0.522. The largest absolute Gasteiger partial charge is 0.389 e. The van der Waals surface area contributed by atoms with Gasteiger partial charge in [-0.1, -0.05) is 13.8 Å². The molecular formula is C10H17NO3. The number of ketones is 1. The summed E-state index contributed by atoms with van der Waals surface area (Å²) in [6, 6.07) is 1.75. The fourth-order valence-electron chi connectivity index (χ4n) is 1.11. The van der Waals surface area contributed by atoms with Gasteiger partial charge < -0.3 is 10.2 Å². The van der Waals surface area contributed by atoms with E-state index in [4.69, 9.17) is 15.5 Å². The Morgan fingerprint density at radius 2 is 2.00 bits per heavy atom. The lowest BCUT2D eigenvalue weighted by molar-refractivity contribution is -0.125. The van der Waals surface area contributed by atoms with E-state index in [1.807, 2.05) is 0 Å². The van der Waals surface area contributed by atoms with Gasteiger partial charge in [0, 0.05) is 5.92 Å². The molecule has 2 N–H and O–H groups in total. The molecule has 14 heavy (non-hydrogen) atoms. The molecule has 0 rings (SSSR count). The Labute approximate surface area is 84.2 Å². The minimum Gasteiger partial charge on any atom is -0.389 e. The van der Waals surface area contributed by atoms with Crippen molar-refractivity contribution in [2.24, 2.45) is 11.8 Å². The van der Waals surface area contributed by atoms with Crippen molar-refractivity contribution in [2.45, 2.75) is 32.8 Å². The Bertz CT molecular complexity index is 222. The zero-order valence-electron chi connectivity index (χ0n) is 8.60. The van der Waals surface area contributed by atoms with Gasteiger partial charge in [0.05, 0.1) is 6.07 Å². The van der Waals surface area contributed by atoms with Crippen LogP contribution >= 0.6 is 0 Å². The molecular weight excluding hydrogens is 182 g/mol. The molecule has 80 valence electrons. The highest BCUT2D eigenvalue weighted by molar-refractivity contribution is 5.81. The highest BCUT2D eigenvalue weighted by Gasteiger charge is 2.17. The monoisotopic (exact) mass is 199 g/mol. The van der Waals surface area contributed by atoms with Crippen LogP contribution in [-0.4, -0.2) is 28.7 Å². The van der Waals surface area contributed by atoms with E-state index in [0.717, 1.165) is 0 Å². The second-order valence-electron chi connectivity index (χ2n) is 3.65. The molecule has 0 fully saturated rings. The van der Waals surface area contributed by atoms with E-state index in [1.54, 1.807) is 19.9 Å². The predicted molar refractivity (Wildman–Crippen MR) is 51.3 cm³/mol. The van der Waals surface area contributed by atoms with Crippen LogP contribution in [-0.2, 0) is 4.79 Å². The Hall–Kier alpha value is -0.920. The lowest BCUT2D eigenvalue weighted by Crippen LogP contribution is -2.19. The van der Waals surface area contributed by atoms with E-state index < -0.39 is 12.7 Å². The molecule has 0 aliphatic heterocycles. The number of hydrogen-bond donors (Lipinski definition) is 2. The number of hydrogen-bond acceptors (Lipinski definition) is 4. The number of Topliss-reactive ketones (excluding diaryl/α,β-unsaturated/α-hetero) is 1. The first-order valence-electron chi connectivity index (χ1n) is 4.74. The lowest BCUT2D eigenvalue weighted by Gasteiger charge is -2.14. The zero-order valence-corrected chi connectivity index (χ0v) is 8.60. The number of nitriles is 1. The first kappa shape index (κ1) is 13.1. The van der Waals surface area contributed by atoms with Crippen LogP contribution < -0.4 is 0 Å². The molecule has 0 spiro atoms. The molecule has 0 saturated carbocycles. The summed E-state index contributed by atoms with van der Waals surface area (Å²) in [6.45, 7) is 3.07. The maximum atomic E-state index is 11.0. The van der Waals surface area contributed by atoms with E-state index in [-0.39, 0.29) is 17.6 Å². The third-order valence-electron chi connectivity index (χ3n) is 2.43. The van der Waals surface area contributed by atoms with Gasteiger partial charge in [-0.2, -0.15) is 5.26 Å². The van der Waals surface area contributed by atoms with Gasteiger partial charge in [-0.15, -0.1) is 0 Å². The number of nitrogens with zero attached hydrogens (tertiary/aromatic N) is 1. The summed E-state index contributed by atoms with van der Waals surface area (Å²) in [5.41, 5.74) is 0. The predicted octanol–water partition coefficient (Wildman–Crippen LogP) is 0.485. The van der Waals surface area contributed by atoms with Gasteiger partial charge in [0.1, 0.15) is 12.7 Å². The number of aliphatic hydroxyl groups excluding tert-OH is 2. The Morgan fingerprint density at radius 1 is 1.43 bits per heavy atom. The first-order valence-corrected chi connectivity index (χ1v) is 4.74. The smallest absolute Gasteiger partial charge is 0.160 e. The quantitative estimate of drug-likeness (QED) is 0.610. The fourth-order valence-corrected chi connectivity index (χ4v) is 1.11. The highest BCUT2D eigenvalue weighted by Crippen LogP contribution is 2.15. The zero-order chi connectivity index (χ0) is 11.1. The molecule has 3 atom stereocenters. The molecule has 4 heteroatoms. The van der Waals surface area contributed by atoms with Gasteiger partial charge >= 0.3 is 0 Å². The summed E-state index contributed by atoms with van der Waals surface area (Å²) in [5, 5.41) is 26.1. The standard InChI is InChI=1S/C10H17NO3/c1-7(9(13)5-11)3-4-8(2)10(14)6-12/h7-9,12-13H,3-4,6H2,1-2H3. The van der Waals surface area contributed by atoms with E-state index in [9.17, 15) is 4.79 Å². The molecule has 0 radical (unpaired) electrons. The second kappa shape index (κ2) is 6.52. The SMILES string of the molecule is CC(CCC(C)C(O)C#N)C(=O)CO. The summed E-state index contributed by atoms with van der Waals surface area (Å²) >= 11 is 0. The van der Waals surface area contributed by atoms with Crippen molar-refractivity contribution < 1.29 is 15.0 Å². The molecule has 0 bridgehead atoms. The third kappa shape index (κ3) is 4.35. The van der Waals surface area contributed by atoms with Crippen molar-refractivity contribution in [1.29, 1.82) is 5.26 Å². The van der Waals surface area contributed by atoms with E-state index in [2.05, 4.69) is 0 Å². The molecule has 0 aliphatic rings.